The van der Waals surface area contributed by atoms with E-state index in [0.29, 0.717) is 6.42 Å². The van der Waals surface area contributed by atoms with E-state index in [9.17, 15) is 4.79 Å². The number of aliphatic imine (C=N–C) groups is 1. The summed E-state index contributed by atoms with van der Waals surface area (Å²) >= 11 is 3.24. The molecule has 0 N–H and O–H groups in total. The molecule has 0 bridgehead atoms. The summed E-state index contributed by atoms with van der Waals surface area (Å²) in [6.45, 7) is 6.86. The number of carbonyl (C=O) groups excluding carboxylic acids is 1. The Labute approximate surface area is 143 Å². The van der Waals surface area contributed by atoms with Crippen LogP contribution in [0.1, 0.15) is 11.4 Å². The average molecular weight is 350 g/mol. The van der Waals surface area contributed by atoms with Gasteiger partial charge in [-0.1, -0.05) is 23.1 Å². The predicted molar refractivity (Wildman–Crippen MR) is 92.7 cm³/mol. The Morgan fingerprint density at radius 3 is 2.78 bits per heavy atom. The van der Waals surface area contributed by atoms with Gasteiger partial charge in [0.05, 0.1) is 13.0 Å². The van der Waals surface area contributed by atoms with Crippen molar-refractivity contribution in [3.8, 4) is 0 Å². The Kier molecular flexibility index (Phi) is 3.98. The summed E-state index contributed by atoms with van der Waals surface area (Å²) in [7, 11) is 0. The minimum absolute atomic E-state index is 0.207. The van der Waals surface area contributed by atoms with E-state index in [1.54, 1.807) is 23.1 Å². The van der Waals surface area contributed by atoms with Gasteiger partial charge in [0, 0.05) is 38.4 Å². The van der Waals surface area contributed by atoms with Crippen molar-refractivity contribution in [2.45, 2.75) is 13.3 Å². The maximum Gasteiger partial charge on any atom is 0.228 e. The van der Waals surface area contributed by atoms with Gasteiger partial charge in [-0.05, 0) is 12.3 Å². The van der Waals surface area contributed by atoms with Crippen molar-refractivity contribution in [1.82, 2.24) is 20.0 Å². The van der Waals surface area contributed by atoms with Gasteiger partial charge in [-0.2, -0.15) is 0 Å². The van der Waals surface area contributed by atoms with Crippen LogP contribution in [0.3, 0.4) is 0 Å². The number of nitrogens with zero attached hydrogens (tertiary/aromatic N) is 6. The number of piperazine rings is 1. The lowest BCUT2D eigenvalue weighted by atomic mass is 10.2. The van der Waals surface area contributed by atoms with Gasteiger partial charge < -0.3 is 14.7 Å². The number of amides is 1. The van der Waals surface area contributed by atoms with Crippen molar-refractivity contribution < 1.29 is 4.79 Å². The van der Waals surface area contributed by atoms with Gasteiger partial charge in [0.25, 0.3) is 0 Å². The number of carbonyl (C=O) groups is 1. The summed E-state index contributed by atoms with van der Waals surface area (Å²) in [4.78, 5) is 23.3. The molecule has 0 spiro atoms. The zero-order valence-corrected chi connectivity index (χ0v) is 14.6. The molecular weight excluding hydrogens is 332 g/mol. The Morgan fingerprint density at radius 1 is 1.22 bits per heavy atom. The van der Waals surface area contributed by atoms with E-state index in [2.05, 4.69) is 30.4 Å². The summed E-state index contributed by atoms with van der Waals surface area (Å²) in [5.41, 5.74) is 1.10. The molecule has 0 aliphatic carbocycles. The first-order valence-corrected chi connectivity index (χ1v) is 9.41. The van der Waals surface area contributed by atoms with Crippen LogP contribution < -0.4 is 4.90 Å². The molecule has 0 atom stereocenters. The van der Waals surface area contributed by atoms with Crippen LogP contribution in [0, 0.1) is 6.92 Å². The van der Waals surface area contributed by atoms with Gasteiger partial charge >= 0.3 is 0 Å². The molecule has 3 aliphatic heterocycles. The van der Waals surface area contributed by atoms with E-state index in [4.69, 9.17) is 0 Å². The number of hydrogen-bond acceptors (Lipinski definition) is 8. The fraction of sp³-hybridized carbons (Fsp3) is 0.571. The van der Waals surface area contributed by atoms with Crippen LogP contribution >= 0.6 is 23.1 Å². The van der Waals surface area contributed by atoms with Crippen molar-refractivity contribution in [3.05, 3.63) is 16.1 Å². The summed E-state index contributed by atoms with van der Waals surface area (Å²) < 4.78 is 0. The molecule has 0 unspecified atom stereocenters. The van der Waals surface area contributed by atoms with E-state index >= 15 is 0 Å². The van der Waals surface area contributed by atoms with E-state index < -0.39 is 0 Å². The number of anilines is 1. The SMILES string of the molecule is Cc1nnc(N2CCN(C(=O)CC3=CSC4=NCCN34)CC2)s1. The molecule has 122 valence electrons. The molecule has 1 amide bonds. The predicted octanol–water partition coefficient (Wildman–Crippen LogP) is 1.15. The van der Waals surface area contributed by atoms with Crippen LogP contribution in [-0.4, -0.2) is 70.3 Å². The Morgan fingerprint density at radius 2 is 2.04 bits per heavy atom. The quantitative estimate of drug-likeness (QED) is 0.815. The number of aryl methyl sites for hydroxylation is 1. The summed E-state index contributed by atoms with van der Waals surface area (Å²) in [6, 6.07) is 0. The normalized spacial score (nSPS) is 20.7. The number of rotatable bonds is 3. The molecule has 9 heteroatoms. The molecule has 1 aromatic heterocycles. The lowest BCUT2D eigenvalue weighted by molar-refractivity contribution is -0.130. The second-order valence-electron chi connectivity index (χ2n) is 5.69. The van der Waals surface area contributed by atoms with Crippen molar-refractivity contribution >= 4 is 39.3 Å². The van der Waals surface area contributed by atoms with Crippen LogP contribution in [0.5, 0.6) is 0 Å². The average Bonchev–Trinajstić information content (AvgIpc) is 3.26. The van der Waals surface area contributed by atoms with E-state index in [1.165, 1.54) is 0 Å². The smallest absolute Gasteiger partial charge is 0.228 e. The largest absolute Gasteiger partial charge is 0.343 e. The third-order valence-corrected chi connectivity index (χ3v) is 6.05. The van der Waals surface area contributed by atoms with Crippen LogP contribution in [0.2, 0.25) is 0 Å². The minimum Gasteiger partial charge on any atom is -0.343 e. The molecule has 23 heavy (non-hydrogen) atoms. The molecule has 4 heterocycles. The van der Waals surface area contributed by atoms with Crippen molar-refractivity contribution in [2.75, 3.05) is 44.2 Å². The topological polar surface area (TPSA) is 64.9 Å². The zero-order chi connectivity index (χ0) is 15.8. The number of fused-ring (bicyclic) bond motifs is 1. The maximum absolute atomic E-state index is 12.6. The minimum atomic E-state index is 0.207. The first kappa shape index (κ1) is 14.9. The maximum atomic E-state index is 12.6. The van der Waals surface area contributed by atoms with Gasteiger partial charge in [-0.15, -0.1) is 10.2 Å². The molecule has 4 rings (SSSR count). The highest BCUT2D eigenvalue weighted by Gasteiger charge is 2.30. The van der Waals surface area contributed by atoms with Crippen molar-refractivity contribution in [2.24, 2.45) is 4.99 Å². The third kappa shape index (κ3) is 2.94. The van der Waals surface area contributed by atoms with Crippen molar-refractivity contribution in [1.29, 1.82) is 0 Å². The highest BCUT2D eigenvalue weighted by Crippen LogP contribution is 2.31. The second kappa shape index (κ2) is 6.12. The summed E-state index contributed by atoms with van der Waals surface area (Å²) in [5.74, 6) is 0.207. The fourth-order valence-corrected chi connectivity index (χ4v) is 4.64. The Balaban J connectivity index is 1.32. The Hall–Kier alpha value is -1.61. The molecule has 1 fully saturated rings. The van der Waals surface area contributed by atoms with Gasteiger partial charge in [-0.3, -0.25) is 9.79 Å². The number of aromatic nitrogens is 2. The summed E-state index contributed by atoms with van der Waals surface area (Å²) in [6.07, 6.45) is 0.476. The molecule has 0 aromatic carbocycles. The van der Waals surface area contributed by atoms with Gasteiger partial charge in [0.1, 0.15) is 5.01 Å². The van der Waals surface area contributed by atoms with Crippen LogP contribution in [0.15, 0.2) is 16.1 Å². The first-order valence-electron chi connectivity index (χ1n) is 7.71. The second-order valence-corrected chi connectivity index (χ2v) is 7.69. The standard InChI is InChI=1S/C14H18N6OS2/c1-10-16-17-14(23-10)19-6-4-18(5-7-19)12(21)8-11-9-22-13-15-2-3-20(11)13/h9H,2-8H2,1H3. The van der Waals surface area contributed by atoms with Crippen molar-refractivity contribution in [3.63, 3.8) is 0 Å². The first-order chi connectivity index (χ1) is 11.2. The van der Waals surface area contributed by atoms with E-state index in [-0.39, 0.29) is 5.91 Å². The fourth-order valence-electron chi connectivity index (χ4n) is 2.94. The number of amidine groups is 1. The third-order valence-electron chi connectivity index (χ3n) is 4.20. The van der Waals surface area contributed by atoms with Crippen LogP contribution in [0.25, 0.3) is 0 Å². The van der Waals surface area contributed by atoms with Gasteiger partial charge in [0.2, 0.25) is 11.0 Å². The number of thioether (sulfide) groups is 1. The highest BCUT2D eigenvalue weighted by molar-refractivity contribution is 8.16. The van der Waals surface area contributed by atoms with E-state index in [0.717, 1.165) is 60.3 Å². The molecule has 0 radical (unpaired) electrons. The molecule has 1 aromatic rings. The van der Waals surface area contributed by atoms with Crippen LogP contribution in [-0.2, 0) is 4.79 Å². The van der Waals surface area contributed by atoms with E-state index in [1.807, 2.05) is 11.8 Å². The molecule has 3 aliphatic rings. The summed E-state index contributed by atoms with van der Waals surface area (Å²) in [5, 5.41) is 13.3. The monoisotopic (exact) mass is 350 g/mol. The molecule has 1 saturated heterocycles. The zero-order valence-electron chi connectivity index (χ0n) is 12.9. The highest BCUT2D eigenvalue weighted by atomic mass is 32.2. The van der Waals surface area contributed by atoms with Gasteiger partial charge in [0.15, 0.2) is 5.17 Å². The Bertz CT molecular complexity index is 677. The lowest BCUT2D eigenvalue weighted by Gasteiger charge is -2.34. The molecular formula is C14H18N6OS2. The lowest BCUT2D eigenvalue weighted by Crippen LogP contribution is -2.49. The number of hydrogen-bond donors (Lipinski definition) is 0. The van der Waals surface area contributed by atoms with Crippen LogP contribution in [0.4, 0.5) is 5.13 Å². The molecule has 7 nitrogen and oxygen atoms in total. The molecule has 0 saturated carbocycles. The van der Waals surface area contributed by atoms with Gasteiger partial charge in [-0.25, -0.2) is 0 Å².